The lowest BCUT2D eigenvalue weighted by atomic mass is 10.0. The van der Waals surface area contributed by atoms with Crippen LogP contribution in [-0.4, -0.2) is 58.2 Å². The number of carbonyl (C=O) groups is 1. The second-order valence-electron chi connectivity index (χ2n) is 7.09. The minimum absolute atomic E-state index is 0.0505. The molecular formula is C19H26N6O3. The molecule has 28 heavy (non-hydrogen) atoms. The molecule has 0 radical (unpaired) electrons. The number of amides is 1. The molecule has 0 spiro atoms. The first-order valence-corrected chi connectivity index (χ1v) is 9.40. The Kier molecular flexibility index (Phi) is 6.37. The highest BCUT2D eigenvalue weighted by Crippen LogP contribution is 2.24. The maximum atomic E-state index is 11.5. The number of aryl methyl sites for hydroxylation is 1. The van der Waals surface area contributed by atoms with Crippen molar-refractivity contribution in [2.45, 2.75) is 25.4 Å². The van der Waals surface area contributed by atoms with Gasteiger partial charge in [0.2, 0.25) is 5.91 Å². The maximum absolute atomic E-state index is 11.5. The van der Waals surface area contributed by atoms with Crippen LogP contribution in [0.3, 0.4) is 0 Å². The van der Waals surface area contributed by atoms with Gasteiger partial charge < -0.3 is 10.6 Å². The molecule has 0 bridgehead atoms. The Morgan fingerprint density at radius 1 is 1.29 bits per heavy atom. The number of nitro groups is 1. The van der Waals surface area contributed by atoms with Gasteiger partial charge in [0, 0.05) is 69.2 Å². The number of hydrogen-bond donors (Lipinski definition) is 2. The largest absolute Gasteiger partial charge is 0.358 e. The quantitative estimate of drug-likeness (QED) is 0.549. The van der Waals surface area contributed by atoms with Crippen LogP contribution in [0.15, 0.2) is 30.5 Å². The number of nitrogens with one attached hydrogen (secondary N) is 2. The zero-order chi connectivity index (χ0) is 20.1. The molecule has 0 aliphatic carbocycles. The summed E-state index contributed by atoms with van der Waals surface area (Å²) in [5, 5.41) is 21.6. The van der Waals surface area contributed by atoms with Gasteiger partial charge in [0.15, 0.2) is 0 Å². The highest BCUT2D eigenvalue weighted by Gasteiger charge is 2.21. The molecule has 1 saturated heterocycles. The fraction of sp³-hybridized carbons (Fsp3) is 0.474. The Morgan fingerprint density at radius 3 is 2.57 bits per heavy atom. The molecule has 2 N–H and O–H groups in total. The molecule has 1 fully saturated rings. The van der Waals surface area contributed by atoms with Crippen molar-refractivity contribution < 1.29 is 9.72 Å². The van der Waals surface area contributed by atoms with E-state index in [0.717, 1.165) is 42.8 Å². The predicted molar refractivity (Wildman–Crippen MR) is 106 cm³/mol. The van der Waals surface area contributed by atoms with Gasteiger partial charge in [-0.2, -0.15) is 5.10 Å². The summed E-state index contributed by atoms with van der Waals surface area (Å²) in [6, 6.07) is 6.88. The lowest BCUT2D eigenvalue weighted by Crippen LogP contribution is -2.45. The number of non-ortho nitro benzene ring substituents is 1. The third kappa shape index (κ3) is 4.93. The molecule has 0 atom stereocenters. The number of nitrogens with zero attached hydrogens (tertiary/aromatic N) is 4. The van der Waals surface area contributed by atoms with Crippen molar-refractivity contribution >= 4 is 11.6 Å². The highest BCUT2D eigenvalue weighted by atomic mass is 16.6. The summed E-state index contributed by atoms with van der Waals surface area (Å²) in [4.78, 5) is 24.1. The van der Waals surface area contributed by atoms with Crippen LogP contribution in [0, 0.1) is 10.1 Å². The standard InChI is InChI=1S/C19H26N6O3/c1-20-18(26)13-24-9-7-16(8-10-24)21-11-15-12-23(2)22-19(15)14-3-5-17(6-4-14)25(27)28/h3-6,12,16,21H,7-11,13H2,1-2H3,(H,20,26). The van der Waals surface area contributed by atoms with Gasteiger partial charge in [-0.25, -0.2) is 0 Å². The molecule has 1 aromatic carbocycles. The molecule has 9 heteroatoms. The summed E-state index contributed by atoms with van der Waals surface area (Å²) >= 11 is 0. The molecule has 9 nitrogen and oxygen atoms in total. The number of piperidine rings is 1. The number of nitro benzene ring substituents is 1. The Labute approximate surface area is 163 Å². The average molecular weight is 386 g/mol. The van der Waals surface area contributed by atoms with Crippen LogP contribution in [0.4, 0.5) is 5.69 Å². The van der Waals surface area contributed by atoms with E-state index < -0.39 is 4.92 Å². The third-order valence-electron chi connectivity index (χ3n) is 5.07. The number of likely N-dealkylation sites (N-methyl/N-ethyl adjacent to an activating group) is 1. The normalized spacial score (nSPS) is 15.5. The van der Waals surface area contributed by atoms with Crippen LogP contribution in [-0.2, 0) is 18.4 Å². The monoisotopic (exact) mass is 386 g/mol. The Hall–Kier alpha value is -2.78. The topological polar surface area (TPSA) is 105 Å². The molecule has 0 unspecified atom stereocenters. The van der Waals surface area contributed by atoms with E-state index in [4.69, 9.17) is 0 Å². The van der Waals surface area contributed by atoms with Crippen LogP contribution in [0.1, 0.15) is 18.4 Å². The fourth-order valence-electron chi connectivity index (χ4n) is 3.48. The number of aromatic nitrogens is 2. The van der Waals surface area contributed by atoms with E-state index in [9.17, 15) is 14.9 Å². The Balaban J connectivity index is 1.59. The molecule has 3 rings (SSSR count). The van der Waals surface area contributed by atoms with E-state index in [1.165, 1.54) is 12.1 Å². The van der Waals surface area contributed by atoms with Gasteiger partial charge >= 0.3 is 0 Å². The predicted octanol–water partition coefficient (Wildman–Crippen LogP) is 1.30. The van der Waals surface area contributed by atoms with E-state index in [1.807, 2.05) is 13.2 Å². The minimum Gasteiger partial charge on any atom is -0.358 e. The number of benzene rings is 1. The molecule has 2 heterocycles. The van der Waals surface area contributed by atoms with Crippen LogP contribution < -0.4 is 10.6 Å². The van der Waals surface area contributed by atoms with E-state index in [1.54, 1.807) is 23.9 Å². The highest BCUT2D eigenvalue weighted by molar-refractivity contribution is 5.77. The summed E-state index contributed by atoms with van der Waals surface area (Å²) < 4.78 is 1.76. The minimum atomic E-state index is -0.402. The van der Waals surface area contributed by atoms with Crippen LogP contribution >= 0.6 is 0 Å². The van der Waals surface area contributed by atoms with Crippen molar-refractivity contribution in [3.63, 3.8) is 0 Å². The van der Waals surface area contributed by atoms with Crippen molar-refractivity contribution in [1.82, 2.24) is 25.3 Å². The number of carbonyl (C=O) groups excluding carboxylic acids is 1. The zero-order valence-electron chi connectivity index (χ0n) is 16.2. The molecule has 1 aromatic heterocycles. The van der Waals surface area contributed by atoms with Gasteiger partial charge in [-0.3, -0.25) is 24.5 Å². The Bertz CT molecular complexity index is 825. The molecule has 0 saturated carbocycles. The summed E-state index contributed by atoms with van der Waals surface area (Å²) in [5.41, 5.74) is 2.83. The van der Waals surface area contributed by atoms with Gasteiger partial charge in [0.1, 0.15) is 0 Å². The fourth-order valence-corrected chi connectivity index (χ4v) is 3.48. The van der Waals surface area contributed by atoms with Crippen molar-refractivity contribution in [1.29, 1.82) is 0 Å². The molecule has 1 aliphatic rings. The first kappa shape index (κ1) is 20.0. The van der Waals surface area contributed by atoms with E-state index in [-0.39, 0.29) is 11.6 Å². The molecular weight excluding hydrogens is 360 g/mol. The SMILES string of the molecule is CNC(=O)CN1CCC(NCc2cn(C)nc2-c2ccc([N+](=O)[O-])cc2)CC1. The Morgan fingerprint density at radius 2 is 1.96 bits per heavy atom. The maximum Gasteiger partial charge on any atom is 0.269 e. The number of rotatable bonds is 7. The number of hydrogen-bond acceptors (Lipinski definition) is 6. The third-order valence-corrected chi connectivity index (χ3v) is 5.07. The summed E-state index contributed by atoms with van der Waals surface area (Å²) in [6.07, 6.45) is 3.96. The lowest BCUT2D eigenvalue weighted by Gasteiger charge is -2.31. The van der Waals surface area contributed by atoms with Crippen LogP contribution in [0.5, 0.6) is 0 Å². The van der Waals surface area contributed by atoms with E-state index in [0.29, 0.717) is 19.1 Å². The lowest BCUT2D eigenvalue weighted by molar-refractivity contribution is -0.384. The van der Waals surface area contributed by atoms with Gasteiger partial charge in [-0.1, -0.05) is 0 Å². The van der Waals surface area contributed by atoms with E-state index in [2.05, 4.69) is 20.6 Å². The smallest absolute Gasteiger partial charge is 0.269 e. The zero-order valence-corrected chi connectivity index (χ0v) is 16.2. The average Bonchev–Trinajstić information content (AvgIpc) is 3.08. The molecule has 1 amide bonds. The summed E-state index contributed by atoms with van der Waals surface area (Å²) in [5.74, 6) is 0.0505. The van der Waals surface area contributed by atoms with E-state index >= 15 is 0 Å². The first-order valence-electron chi connectivity index (χ1n) is 9.40. The first-order chi connectivity index (χ1) is 13.5. The van der Waals surface area contributed by atoms with Crippen molar-refractivity contribution in [3.05, 3.63) is 46.1 Å². The summed E-state index contributed by atoms with van der Waals surface area (Å²) in [7, 11) is 3.53. The molecule has 2 aromatic rings. The number of likely N-dealkylation sites (tertiary alicyclic amines) is 1. The van der Waals surface area contributed by atoms with Crippen LogP contribution in [0.25, 0.3) is 11.3 Å². The summed E-state index contributed by atoms with van der Waals surface area (Å²) in [6.45, 7) is 2.93. The van der Waals surface area contributed by atoms with Crippen molar-refractivity contribution in [2.75, 3.05) is 26.7 Å². The van der Waals surface area contributed by atoms with Gasteiger partial charge in [0.25, 0.3) is 5.69 Å². The van der Waals surface area contributed by atoms with Gasteiger partial charge in [0.05, 0.1) is 17.2 Å². The van der Waals surface area contributed by atoms with Crippen molar-refractivity contribution in [2.24, 2.45) is 7.05 Å². The second-order valence-corrected chi connectivity index (χ2v) is 7.09. The molecule has 1 aliphatic heterocycles. The second kappa shape index (κ2) is 8.94. The van der Waals surface area contributed by atoms with Crippen molar-refractivity contribution in [3.8, 4) is 11.3 Å². The molecule has 150 valence electrons. The van der Waals surface area contributed by atoms with Gasteiger partial charge in [-0.05, 0) is 25.0 Å². The van der Waals surface area contributed by atoms with Crippen LogP contribution in [0.2, 0.25) is 0 Å². The van der Waals surface area contributed by atoms with Gasteiger partial charge in [-0.15, -0.1) is 0 Å².